The van der Waals surface area contributed by atoms with E-state index in [-0.39, 0.29) is 17.7 Å². The number of amides is 2. The van der Waals surface area contributed by atoms with E-state index in [4.69, 9.17) is 11.5 Å². The maximum Gasteiger partial charge on any atom is 0.232 e. The van der Waals surface area contributed by atoms with E-state index >= 15 is 0 Å². The third-order valence-corrected chi connectivity index (χ3v) is 4.41. The lowest BCUT2D eigenvalue weighted by molar-refractivity contribution is -0.132. The van der Waals surface area contributed by atoms with E-state index in [1.54, 1.807) is 23.4 Å². The number of rotatable bonds is 4. The third-order valence-electron chi connectivity index (χ3n) is 3.34. The van der Waals surface area contributed by atoms with Crippen molar-refractivity contribution in [1.82, 2.24) is 9.88 Å². The SMILES string of the molecule is NC(=O)C1CCCN(C(=O)CSc2ccncc2N)C1. The normalized spacial score (nSPS) is 18.8. The number of nitrogens with zero attached hydrogens (tertiary/aromatic N) is 2. The molecule has 108 valence electrons. The van der Waals surface area contributed by atoms with Gasteiger partial charge < -0.3 is 16.4 Å². The molecule has 1 aliphatic rings. The van der Waals surface area contributed by atoms with E-state index in [1.165, 1.54) is 11.8 Å². The Bertz CT molecular complexity index is 509. The van der Waals surface area contributed by atoms with Crippen LogP contribution >= 0.6 is 11.8 Å². The molecule has 0 aromatic carbocycles. The molecular formula is C13H18N4O2S. The van der Waals surface area contributed by atoms with E-state index < -0.39 is 0 Å². The van der Waals surface area contributed by atoms with Gasteiger partial charge in [-0.1, -0.05) is 0 Å². The first-order valence-electron chi connectivity index (χ1n) is 6.47. The highest BCUT2D eigenvalue weighted by atomic mass is 32.2. The fourth-order valence-corrected chi connectivity index (χ4v) is 3.03. The molecule has 0 aliphatic carbocycles. The molecule has 1 atom stereocenters. The lowest BCUT2D eigenvalue weighted by Gasteiger charge is -2.31. The van der Waals surface area contributed by atoms with Gasteiger partial charge in [-0.25, -0.2) is 0 Å². The van der Waals surface area contributed by atoms with E-state index in [9.17, 15) is 9.59 Å². The summed E-state index contributed by atoms with van der Waals surface area (Å²) in [6, 6.07) is 1.79. The fraction of sp³-hybridized carbons (Fsp3) is 0.462. The molecule has 0 bridgehead atoms. The first-order chi connectivity index (χ1) is 9.58. The third kappa shape index (κ3) is 3.63. The van der Waals surface area contributed by atoms with E-state index in [0.29, 0.717) is 24.5 Å². The molecule has 4 N–H and O–H groups in total. The summed E-state index contributed by atoms with van der Waals surface area (Å²) in [5.74, 6) is -0.228. The lowest BCUT2D eigenvalue weighted by Crippen LogP contribution is -2.44. The summed E-state index contributed by atoms with van der Waals surface area (Å²) >= 11 is 1.39. The van der Waals surface area contributed by atoms with Gasteiger partial charge in [-0.15, -0.1) is 11.8 Å². The number of anilines is 1. The monoisotopic (exact) mass is 294 g/mol. The number of hydrogen-bond acceptors (Lipinski definition) is 5. The molecule has 2 heterocycles. The average Bonchev–Trinajstić information content (AvgIpc) is 2.46. The van der Waals surface area contributed by atoms with Crippen LogP contribution in [0.3, 0.4) is 0 Å². The molecule has 1 aliphatic heterocycles. The van der Waals surface area contributed by atoms with Gasteiger partial charge in [0.15, 0.2) is 0 Å². The quantitative estimate of drug-likeness (QED) is 0.786. The zero-order valence-corrected chi connectivity index (χ0v) is 11.9. The summed E-state index contributed by atoms with van der Waals surface area (Å²) in [7, 11) is 0. The van der Waals surface area contributed by atoms with Gasteiger partial charge in [0, 0.05) is 24.2 Å². The topological polar surface area (TPSA) is 102 Å². The minimum Gasteiger partial charge on any atom is -0.397 e. The van der Waals surface area contributed by atoms with E-state index in [1.807, 2.05) is 0 Å². The number of carbonyl (C=O) groups is 2. The van der Waals surface area contributed by atoms with Crippen LogP contribution < -0.4 is 11.5 Å². The molecule has 6 nitrogen and oxygen atoms in total. The van der Waals surface area contributed by atoms with Gasteiger partial charge in [-0.2, -0.15) is 0 Å². The van der Waals surface area contributed by atoms with Crippen LogP contribution in [-0.2, 0) is 9.59 Å². The molecule has 1 unspecified atom stereocenters. The van der Waals surface area contributed by atoms with Crippen LogP contribution in [0.15, 0.2) is 23.4 Å². The second-order valence-corrected chi connectivity index (χ2v) is 5.80. The van der Waals surface area contributed by atoms with Crippen molar-refractivity contribution in [1.29, 1.82) is 0 Å². The Balaban J connectivity index is 1.89. The van der Waals surface area contributed by atoms with Gasteiger partial charge in [-0.3, -0.25) is 14.6 Å². The summed E-state index contributed by atoms with van der Waals surface area (Å²) in [5, 5.41) is 0. The minimum absolute atomic E-state index is 0.0113. The van der Waals surface area contributed by atoms with Crippen LogP contribution in [0.1, 0.15) is 12.8 Å². The van der Waals surface area contributed by atoms with Crippen LogP contribution in [0, 0.1) is 5.92 Å². The van der Waals surface area contributed by atoms with Crippen molar-refractivity contribution >= 4 is 29.3 Å². The number of primary amides is 1. The predicted octanol–water partition coefficient (Wildman–Crippen LogP) is 0.480. The van der Waals surface area contributed by atoms with Gasteiger partial charge in [0.25, 0.3) is 0 Å². The van der Waals surface area contributed by atoms with Crippen molar-refractivity contribution in [3.63, 3.8) is 0 Å². The van der Waals surface area contributed by atoms with Gasteiger partial charge in [0.1, 0.15) is 0 Å². The standard InChI is InChI=1S/C13H18N4O2S/c14-10-6-16-4-3-11(10)20-8-12(18)17-5-1-2-9(7-17)13(15)19/h3-4,6,9H,1-2,5,7-8,14H2,(H2,15,19). The zero-order chi connectivity index (χ0) is 14.5. The van der Waals surface area contributed by atoms with Crippen molar-refractivity contribution in [2.24, 2.45) is 11.7 Å². The van der Waals surface area contributed by atoms with Crippen LogP contribution in [-0.4, -0.2) is 40.5 Å². The molecule has 7 heteroatoms. The fourth-order valence-electron chi connectivity index (χ4n) is 2.19. The Kier molecular flexibility index (Phi) is 4.84. The first kappa shape index (κ1) is 14.6. The van der Waals surface area contributed by atoms with Gasteiger partial charge >= 0.3 is 0 Å². The van der Waals surface area contributed by atoms with E-state index in [2.05, 4.69) is 4.98 Å². The molecule has 1 aromatic heterocycles. The zero-order valence-electron chi connectivity index (χ0n) is 11.1. The smallest absolute Gasteiger partial charge is 0.232 e. The Hall–Kier alpha value is -1.76. The van der Waals surface area contributed by atoms with Crippen molar-refractivity contribution < 1.29 is 9.59 Å². The molecule has 20 heavy (non-hydrogen) atoms. The van der Waals surface area contributed by atoms with Gasteiger partial charge in [0.05, 0.1) is 23.6 Å². The Morgan fingerprint density at radius 2 is 2.30 bits per heavy atom. The Morgan fingerprint density at radius 3 is 3.00 bits per heavy atom. The average molecular weight is 294 g/mol. The molecule has 1 saturated heterocycles. The van der Waals surface area contributed by atoms with Crippen LogP contribution in [0.25, 0.3) is 0 Å². The van der Waals surface area contributed by atoms with Crippen molar-refractivity contribution in [3.05, 3.63) is 18.5 Å². The highest BCUT2D eigenvalue weighted by molar-refractivity contribution is 8.00. The number of thioether (sulfide) groups is 1. The number of hydrogen-bond donors (Lipinski definition) is 2. The minimum atomic E-state index is -0.325. The van der Waals surface area contributed by atoms with Crippen molar-refractivity contribution in [3.8, 4) is 0 Å². The highest BCUT2D eigenvalue weighted by Crippen LogP contribution is 2.24. The van der Waals surface area contributed by atoms with Crippen LogP contribution in [0.2, 0.25) is 0 Å². The Labute approximate surface area is 121 Å². The number of carbonyl (C=O) groups excluding carboxylic acids is 2. The highest BCUT2D eigenvalue weighted by Gasteiger charge is 2.26. The molecule has 0 radical (unpaired) electrons. The molecule has 2 amide bonds. The van der Waals surface area contributed by atoms with Crippen LogP contribution in [0.5, 0.6) is 0 Å². The van der Waals surface area contributed by atoms with Gasteiger partial charge in [-0.05, 0) is 18.9 Å². The summed E-state index contributed by atoms with van der Waals surface area (Å²) in [5.41, 5.74) is 11.7. The molecule has 2 rings (SSSR count). The Morgan fingerprint density at radius 1 is 1.50 bits per heavy atom. The van der Waals surface area contributed by atoms with E-state index in [0.717, 1.165) is 17.7 Å². The van der Waals surface area contributed by atoms with Gasteiger partial charge in [0.2, 0.25) is 11.8 Å². The van der Waals surface area contributed by atoms with Crippen molar-refractivity contribution in [2.75, 3.05) is 24.6 Å². The number of aromatic nitrogens is 1. The number of nitrogen functional groups attached to an aromatic ring is 1. The number of nitrogens with two attached hydrogens (primary N) is 2. The molecule has 0 saturated carbocycles. The largest absolute Gasteiger partial charge is 0.397 e. The second kappa shape index (κ2) is 6.60. The molecule has 1 aromatic rings. The number of pyridine rings is 1. The van der Waals surface area contributed by atoms with Crippen molar-refractivity contribution in [2.45, 2.75) is 17.7 Å². The maximum absolute atomic E-state index is 12.1. The maximum atomic E-state index is 12.1. The lowest BCUT2D eigenvalue weighted by atomic mass is 9.97. The summed E-state index contributed by atoms with van der Waals surface area (Å²) in [6.07, 6.45) is 4.80. The summed E-state index contributed by atoms with van der Waals surface area (Å²) in [6.45, 7) is 1.12. The summed E-state index contributed by atoms with van der Waals surface area (Å²) in [4.78, 5) is 29.8. The predicted molar refractivity (Wildman–Crippen MR) is 77.9 cm³/mol. The number of piperidine rings is 1. The molecular weight excluding hydrogens is 276 g/mol. The molecule has 0 spiro atoms. The number of likely N-dealkylation sites (tertiary alicyclic amines) is 1. The first-order valence-corrected chi connectivity index (χ1v) is 7.46. The second-order valence-electron chi connectivity index (χ2n) is 4.78. The summed E-state index contributed by atoms with van der Waals surface area (Å²) < 4.78 is 0. The van der Waals surface area contributed by atoms with Crippen LogP contribution in [0.4, 0.5) is 5.69 Å². The molecule has 1 fully saturated rings.